The van der Waals surface area contributed by atoms with Crippen LogP contribution >= 0.6 is 0 Å². The van der Waals surface area contributed by atoms with E-state index in [1.807, 2.05) is 43.6 Å². The highest BCUT2D eigenvalue weighted by Gasteiger charge is 2.24. The molecule has 2 rings (SSSR count). The van der Waals surface area contributed by atoms with Gasteiger partial charge in [-0.25, -0.2) is 0 Å². The minimum atomic E-state index is 0.0483. The van der Waals surface area contributed by atoms with E-state index >= 15 is 0 Å². The van der Waals surface area contributed by atoms with Crippen LogP contribution in [0, 0.1) is 20.8 Å². The van der Waals surface area contributed by atoms with Crippen molar-refractivity contribution >= 4 is 11.8 Å². The van der Waals surface area contributed by atoms with Gasteiger partial charge in [0.25, 0.3) is 5.91 Å². The molecule has 5 nitrogen and oxygen atoms in total. The number of benzene rings is 1. The second kappa shape index (κ2) is 7.69. The fourth-order valence-electron chi connectivity index (χ4n) is 3.36. The fourth-order valence-corrected chi connectivity index (χ4v) is 3.36. The summed E-state index contributed by atoms with van der Waals surface area (Å²) in [5.41, 5.74) is 3.69. The van der Waals surface area contributed by atoms with Crippen LogP contribution in [0.4, 0.5) is 0 Å². The molecular weight excluding hydrogens is 304 g/mol. The maximum atomic E-state index is 13.0. The largest absolute Gasteiger partial charge is 0.496 e. The SMILES string of the molecule is CCC(=O)N1CCCN(C(=O)c2cc(C)c(OC)c(C)c2C)CC1. The van der Waals surface area contributed by atoms with Crippen LogP contribution in [-0.2, 0) is 4.79 Å². The Hall–Kier alpha value is -2.04. The molecule has 0 radical (unpaired) electrons. The number of nitrogens with zero attached hydrogens (tertiary/aromatic N) is 2. The molecule has 2 amide bonds. The highest BCUT2D eigenvalue weighted by molar-refractivity contribution is 5.96. The van der Waals surface area contributed by atoms with Crippen molar-refractivity contribution in [2.45, 2.75) is 40.5 Å². The van der Waals surface area contributed by atoms with E-state index in [9.17, 15) is 9.59 Å². The number of ether oxygens (including phenoxy) is 1. The average molecular weight is 332 g/mol. The predicted octanol–water partition coefficient (Wildman–Crippen LogP) is 2.70. The molecule has 0 N–H and O–H groups in total. The van der Waals surface area contributed by atoms with Crippen LogP contribution in [0.25, 0.3) is 0 Å². The topological polar surface area (TPSA) is 49.9 Å². The van der Waals surface area contributed by atoms with Gasteiger partial charge in [0.2, 0.25) is 5.91 Å². The Kier molecular flexibility index (Phi) is 5.86. The van der Waals surface area contributed by atoms with Crippen LogP contribution in [0.5, 0.6) is 5.75 Å². The summed E-state index contributed by atoms with van der Waals surface area (Å²) in [7, 11) is 1.66. The lowest BCUT2D eigenvalue weighted by molar-refractivity contribution is -0.130. The third-order valence-electron chi connectivity index (χ3n) is 4.90. The molecule has 5 heteroatoms. The first-order valence-corrected chi connectivity index (χ1v) is 8.62. The van der Waals surface area contributed by atoms with Gasteiger partial charge >= 0.3 is 0 Å². The molecule has 0 unspecified atom stereocenters. The molecule has 0 aliphatic carbocycles. The zero-order chi connectivity index (χ0) is 17.9. The molecule has 0 aromatic heterocycles. The number of rotatable bonds is 3. The van der Waals surface area contributed by atoms with Crippen LogP contribution in [0.1, 0.15) is 46.8 Å². The summed E-state index contributed by atoms with van der Waals surface area (Å²) >= 11 is 0. The van der Waals surface area contributed by atoms with E-state index in [1.54, 1.807) is 7.11 Å². The molecular formula is C19H28N2O3. The molecule has 0 saturated carbocycles. The van der Waals surface area contributed by atoms with Crippen LogP contribution in [0.2, 0.25) is 0 Å². The van der Waals surface area contributed by atoms with Crippen molar-refractivity contribution < 1.29 is 14.3 Å². The molecule has 1 aliphatic rings. The predicted molar refractivity (Wildman–Crippen MR) is 94.6 cm³/mol. The lowest BCUT2D eigenvalue weighted by Crippen LogP contribution is -2.37. The van der Waals surface area contributed by atoms with Gasteiger partial charge in [0.05, 0.1) is 7.11 Å². The third kappa shape index (κ3) is 3.55. The van der Waals surface area contributed by atoms with Gasteiger partial charge in [-0.3, -0.25) is 9.59 Å². The summed E-state index contributed by atoms with van der Waals surface area (Å²) in [4.78, 5) is 28.6. The van der Waals surface area contributed by atoms with Crippen molar-refractivity contribution in [1.82, 2.24) is 9.80 Å². The quantitative estimate of drug-likeness (QED) is 0.855. The van der Waals surface area contributed by atoms with Gasteiger partial charge in [0.15, 0.2) is 0 Å². The number of methoxy groups -OCH3 is 1. The van der Waals surface area contributed by atoms with E-state index in [2.05, 4.69) is 0 Å². The van der Waals surface area contributed by atoms with Crippen molar-refractivity contribution in [3.05, 3.63) is 28.3 Å². The van der Waals surface area contributed by atoms with Crippen molar-refractivity contribution in [1.29, 1.82) is 0 Å². The number of aryl methyl sites for hydroxylation is 1. The normalized spacial score (nSPS) is 15.2. The molecule has 1 aromatic carbocycles. The van der Waals surface area contributed by atoms with Crippen LogP contribution in [0.3, 0.4) is 0 Å². The minimum Gasteiger partial charge on any atom is -0.496 e. The maximum Gasteiger partial charge on any atom is 0.254 e. The van der Waals surface area contributed by atoms with Crippen LogP contribution in [0.15, 0.2) is 6.07 Å². The smallest absolute Gasteiger partial charge is 0.254 e. The van der Waals surface area contributed by atoms with Crippen molar-refractivity contribution in [3.8, 4) is 5.75 Å². The number of hydrogen-bond acceptors (Lipinski definition) is 3. The highest BCUT2D eigenvalue weighted by atomic mass is 16.5. The number of amides is 2. The zero-order valence-electron chi connectivity index (χ0n) is 15.4. The van der Waals surface area contributed by atoms with Crippen molar-refractivity contribution in [2.24, 2.45) is 0 Å². The highest BCUT2D eigenvalue weighted by Crippen LogP contribution is 2.29. The number of carbonyl (C=O) groups is 2. The molecule has 1 fully saturated rings. The van der Waals surface area contributed by atoms with E-state index < -0.39 is 0 Å². The molecule has 132 valence electrons. The van der Waals surface area contributed by atoms with E-state index in [0.717, 1.165) is 41.0 Å². The molecule has 0 atom stereocenters. The van der Waals surface area contributed by atoms with E-state index in [0.29, 0.717) is 26.1 Å². The lowest BCUT2D eigenvalue weighted by atomic mass is 9.97. The molecule has 1 aromatic rings. The summed E-state index contributed by atoms with van der Waals surface area (Å²) in [5, 5.41) is 0. The molecule has 1 saturated heterocycles. The second-order valence-corrected chi connectivity index (χ2v) is 6.40. The first-order chi connectivity index (χ1) is 11.4. The molecule has 0 bridgehead atoms. The Labute approximate surface area is 144 Å². The first kappa shape index (κ1) is 18.3. The summed E-state index contributed by atoms with van der Waals surface area (Å²) < 4.78 is 5.44. The average Bonchev–Trinajstić information content (AvgIpc) is 2.83. The van der Waals surface area contributed by atoms with E-state index in [-0.39, 0.29) is 11.8 Å². The summed E-state index contributed by atoms with van der Waals surface area (Å²) in [6.45, 7) is 10.4. The Bertz CT molecular complexity index is 640. The third-order valence-corrected chi connectivity index (χ3v) is 4.90. The summed E-state index contributed by atoms with van der Waals surface area (Å²) in [6, 6.07) is 1.92. The molecule has 1 heterocycles. The number of hydrogen-bond donors (Lipinski definition) is 0. The Morgan fingerprint density at radius 2 is 1.67 bits per heavy atom. The maximum absolute atomic E-state index is 13.0. The summed E-state index contributed by atoms with van der Waals surface area (Å²) in [5.74, 6) is 1.06. The van der Waals surface area contributed by atoms with Crippen LogP contribution < -0.4 is 4.74 Å². The lowest BCUT2D eigenvalue weighted by Gasteiger charge is -2.24. The van der Waals surface area contributed by atoms with Gasteiger partial charge in [0, 0.05) is 38.2 Å². The zero-order valence-corrected chi connectivity index (χ0v) is 15.4. The van der Waals surface area contributed by atoms with Gasteiger partial charge in [0.1, 0.15) is 5.75 Å². The Morgan fingerprint density at radius 3 is 2.29 bits per heavy atom. The molecule has 0 spiro atoms. The monoisotopic (exact) mass is 332 g/mol. The van der Waals surface area contributed by atoms with Crippen LogP contribution in [-0.4, -0.2) is 54.9 Å². The molecule has 1 aliphatic heterocycles. The van der Waals surface area contributed by atoms with Gasteiger partial charge in [-0.05, 0) is 49.9 Å². The van der Waals surface area contributed by atoms with E-state index in [4.69, 9.17) is 4.74 Å². The second-order valence-electron chi connectivity index (χ2n) is 6.40. The van der Waals surface area contributed by atoms with Gasteiger partial charge in [-0.15, -0.1) is 0 Å². The van der Waals surface area contributed by atoms with Crippen molar-refractivity contribution in [3.63, 3.8) is 0 Å². The number of carbonyl (C=O) groups excluding carboxylic acids is 2. The molecule has 24 heavy (non-hydrogen) atoms. The summed E-state index contributed by atoms with van der Waals surface area (Å²) in [6.07, 6.45) is 1.34. The standard InChI is InChI=1S/C19H28N2O3/c1-6-17(22)20-8-7-9-21(11-10-20)19(23)16-12-13(2)18(24-5)15(4)14(16)3/h12H,6-11H2,1-5H3. The fraction of sp³-hybridized carbons (Fsp3) is 0.579. The Balaban J connectivity index is 2.22. The first-order valence-electron chi connectivity index (χ1n) is 8.62. The van der Waals surface area contributed by atoms with Crippen molar-refractivity contribution in [2.75, 3.05) is 33.3 Å². The van der Waals surface area contributed by atoms with Gasteiger partial charge in [-0.2, -0.15) is 0 Å². The minimum absolute atomic E-state index is 0.0483. The van der Waals surface area contributed by atoms with Gasteiger partial charge < -0.3 is 14.5 Å². The van der Waals surface area contributed by atoms with E-state index in [1.165, 1.54) is 0 Å². The van der Waals surface area contributed by atoms with Gasteiger partial charge in [-0.1, -0.05) is 6.92 Å². The Morgan fingerprint density at radius 1 is 1.04 bits per heavy atom.